The fourth-order valence-corrected chi connectivity index (χ4v) is 5.66. The summed E-state index contributed by atoms with van der Waals surface area (Å²) in [6.07, 6.45) is 1.61. The van der Waals surface area contributed by atoms with Gasteiger partial charge in [0, 0.05) is 5.02 Å². The van der Waals surface area contributed by atoms with Gasteiger partial charge in [0.25, 0.3) is 11.1 Å². The highest BCUT2D eigenvalue weighted by Gasteiger charge is 2.35. The summed E-state index contributed by atoms with van der Waals surface area (Å²) in [5, 5.41) is -0.291. The van der Waals surface area contributed by atoms with Gasteiger partial charge in [-0.15, -0.1) is 0 Å². The number of rotatable bonds is 6. The van der Waals surface area contributed by atoms with Crippen LogP contribution in [0.4, 0.5) is 13.6 Å². The van der Waals surface area contributed by atoms with E-state index < -0.39 is 17.0 Å². The van der Waals surface area contributed by atoms with Crippen molar-refractivity contribution < 1.29 is 23.1 Å². The number of amides is 2. The van der Waals surface area contributed by atoms with E-state index >= 15 is 0 Å². The number of carbonyl (C=O) groups excluding carboxylic acids is 2. The van der Waals surface area contributed by atoms with Crippen molar-refractivity contribution in [1.29, 1.82) is 0 Å². The second-order valence-corrected chi connectivity index (χ2v) is 10.3. The zero-order chi connectivity index (χ0) is 24.4. The van der Waals surface area contributed by atoms with E-state index in [1.807, 2.05) is 0 Å². The Balaban J connectivity index is 1.50. The molecule has 0 aliphatic carbocycles. The average Bonchev–Trinajstić information content (AvgIpc) is 3.03. The monoisotopic (exact) mass is 627 g/mol. The fourth-order valence-electron chi connectivity index (χ4n) is 3.14. The SMILES string of the molecule is O=C1S/C(=C\c2cc(Br)c(OCc3ccc(F)cc3)c(Br)c2)C(=O)N1Cc1ccc(F)cc1Cl. The predicted molar refractivity (Wildman–Crippen MR) is 135 cm³/mol. The Bertz CT molecular complexity index is 1300. The lowest BCUT2D eigenvalue weighted by atomic mass is 10.2. The smallest absolute Gasteiger partial charge is 0.293 e. The molecule has 0 unspecified atom stereocenters. The summed E-state index contributed by atoms with van der Waals surface area (Å²) >= 11 is 13.8. The largest absolute Gasteiger partial charge is 0.487 e. The van der Waals surface area contributed by atoms with E-state index in [1.165, 1.54) is 24.3 Å². The third-order valence-electron chi connectivity index (χ3n) is 4.83. The molecule has 0 radical (unpaired) electrons. The Morgan fingerprint density at radius 1 is 0.971 bits per heavy atom. The van der Waals surface area contributed by atoms with Crippen molar-refractivity contribution in [3.05, 3.63) is 102 Å². The summed E-state index contributed by atoms with van der Waals surface area (Å²) in [4.78, 5) is 26.6. The number of carbonyl (C=O) groups is 2. The van der Waals surface area contributed by atoms with Crippen molar-refractivity contribution in [3.8, 4) is 5.75 Å². The van der Waals surface area contributed by atoms with E-state index in [1.54, 1.807) is 30.3 Å². The molecule has 1 aliphatic heterocycles. The number of halogens is 5. The molecule has 2 amide bonds. The van der Waals surface area contributed by atoms with Crippen LogP contribution in [0.2, 0.25) is 5.02 Å². The molecule has 174 valence electrons. The lowest BCUT2D eigenvalue weighted by Gasteiger charge is -2.13. The van der Waals surface area contributed by atoms with Crippen LogP contribution in [0, 0.1) is 11.6 Å². The van der Waals surface area contributed by atoms with Gasteiger partial charge in [-0.05, 0) is 103 Å². The number of hydrogen-bond donors (Lipinski definition) is 0. The quantitative estimate of drug-likeness (QED) is 0.260. The van der Waals surface area contributed by atoms with E-state index in [2.05, 4.69) is 31.9 Å². The molecule has 0 N–H and O–H groups in total. The molecule has 1 aliphatic rings. The zero-order valence-electron chi connectivity index (χ0n) is 17.2. The van der Waals surface area contributed by atoms with E-state index in [-0.39, 0.29) is 28.9 Å². The number of ether oxygens (including phenoxy) is 1. The Morgan fingerprint density at radius 3 is 2.26 bits per heavy atom. The van der Waals surface area contributed by atoms with Gasteiger partial charge in [-0.25, -0.2) is 8.78 Å². The van der Waals surface area contributed by atoms with Crippen LogP contribution in [0.5, 0.6) is 5.75 Å². The van der Waals surface area contributed by atoms with Crippen molar-refractivity contribution in [2.45, 2.75) is 13.2 Å². The third-order valence-corrected chi connectivity index (χ3v) is 7.27. The second-order valence-electron chi connectivity index (χ2n) is 7.23. The first kappa shape index (κ1) is 24.9. The molecule has 1 fully saturated rings. The lowest BCUT2D eigenvalue weighted by Crippen LogP contribution is -2.27. The highest BCUT2D eigenvalue weighted by molar-refractivity contribution is 9.11. The maximum Gasteiger partial charge on any atom is 0.293 e. The van der Waals surface area contributed by atoms with E-state index in [0.717, 1.165) is 28.3 Å². The molecule has 0 aromatic heterocycles. The Labute approximate surface area is 220 Å². The van der Waals surface area contributed by atoms with Crippen LogP contribution in [0.3, 0.4) is 0 Å². The number of benzene rings is 3. The molecule has 3 aromatic carbocycles. The van der Waals surface area contributed by atoms with Crippen LogP contribution >= 0.6 is 55.2 Å². The average molecular weight is 630 g/mol. The Kier molecular flexibility index (Phi) is 7.77. The third kappa shape index (κ3) is 5.71. The molecule has 1 heterocycles. The van der Waals surface area contributed by atoms with Gasteiger partial charge in [-0.1, -0.05) is 29.8 Å². The van der Waals surface area contributed by atoms with Gasteiger partial charge < -0.3 is 4.74 Å². The maximum absolute atomic E-state index is 13.3. The van der Waals surface area contributed by atoms with Crippen LogP contribution in [-0.2, 0) is 17.9 Å². The van der Waals surface area contributed by atoms with Crippen molar-refractivity contribution in [2.75, 3.05) is 0 Å². The normalized spacial score (nSPS) is 14.9. The van der Waals surface area contributed by atoms with Crippen LogP contribution in [0.25, 0.3) is 6.08 Å². The number of imide groups is 1. The standard InChI is InChI=1S/C24H14Br2ClF2NO3S/c25-18-7-14(8-19(26)22(18)33-12-13-1-4-16(28)5-2-13)9-21-23(31)30(24(32)34-21)11-15-3-6-17(29)10-20(15)27/h1-10H,11-12H2/b21-9-. The van der Waals surface area contributed by atoms with E-state index in [4.69, 9.17) is 16.3 Å². The highest BCUT2D eigenvalue weighted by atomic mass is 79.9. The van der Waals surface area contributed by atoms with Gasteiger partial charge >= 0.3 is 0 Å². The van der Waals surface area contributed by atoms with Crippen LogP contribution in [-0.4, -0.2) is 16.0 Å². The minimum atomic E-state index is -0.496. The summed E-state index contributed by atoms with van der Waals surface area (Å²) in [6, 6.07) is 13.3. The summed E-state index contributed by atoms with van der Waals surface area (Å²) in [6.45, 7) is 0.187. The van der Waals surface area contributed by atoms with Crippen molar-refractivity contribution in [2.24, 2.45) is 0 Å². The van der Waals surface area contributed by atoms with Crippen molar-refractivity contribution in [1.82, 2.24) is 4.90 Å². The van der Waals surface area contributed by atoms with Gasteiger partial charge in [0.05, 0.1) is 20.4 Å². The first-order valence-corrected chi connectivity index (χ1v) is 12.5. The van der Waals surface area contributed by atoms with Gasteiger partial charge in [-0.2, -0.15) is 0 Å². The number of hydrogen-bond acceptors (Lipinski definition) is 4. The highest BCUT2D eigenvalue weighted by Crippen LogP contribution is 2.38. The molecular formula is C24H14Br2ClF2NO3S. The summed E-state index contributed by atoms with van der Waals surface area (Å²) in [5.41, 5.74) is 1.94. The minimum Gasteiger partial charge on any atom is -0.487 e. The van der Waals surface area contributed by atoms with Gasteiger partial charge in [0.2, 0.25) is 0 Å². The molecule has 3 aromatic rings. The van der Waals surface area contributed by atoms with Gasteiger partial charge in [-0.3, -0.25) is 14.5 Å². The van der Waals surface area contributed by atoms with Crippen LogP contribution < -0.4 is 4.74 Å². The lowest BCUT2D eigenvalue weighted by molar-refractivity contribution is -0.123. The van der Waals surface area contributed by atoms with Gasteiger partial charge in [0.15, 0.2) is 0 Å². The maximum atomic E-state index is 13.3. The van der Waals surface area contributed by atoms with Gasteiger partial charge in [0.1, 0.15) is 24.0 Å². The first-order chi connectivity index (χ1) is 16.2. The number of thioether (sulfide) groups is 1. The van der Waals surface area contributed by atoms with Crippen LogP contribution in [0.1, 0.15) is 16.7 Å². The molecule has 10 heteroatoms. The topological polar surface area (TPSA) is 46.6 Å². The molecule has 4 nitrogen and oxygen atoms in total. The molecule has 4 rings (SSSR count). The molecule has 0 bridgehead atoms. The molecular weight excluding hydrogens is 616 g/mol. The van der Waals surface area contributed by atoms with Crippen LogP contribution in [0.15, 0.2) is 68.4 Å². The Hall–Kier alpha value is -2.20. The van der Waals surface area contributed by atoms with Crippen molar-refractivity contribution >= 4 is 72.4 Å². The zero-order valence-corrected chi connectivity index (χ0v) is 21.9. The summed E-state index contributed by atoms with van der Waals surface area (Å²) < 4.78 is 33.5. The Morgan fingerprint density at radius 2 is 1.62 bits per heavy atom. The predicted octanol–water partition coefficient (Wildman–Crippen LogP) is 7.96. The molecule has 34 heavy (non-hydrogen) atoms. The van der Waals surface area contributed by atoms with Crippen molar-refractivity contribution in [3.63, 3.8) is 0 Å². The second kappa shape index (κ2) is 10.6. The molecule has 0 saturated carbocycles. The first-order valence-electron chi connectivity index (χ1n) is 9.77. The van der Waals surface area contributed by atoms with E-state index in [9.17, 15) is 18.4 Å². The summed E-state index contributed by atoms with van der Waals surface area (Å²) in [7, 11) is 0. The minimum absolute atomic E-state index is 0.0509. The molecule has 0 spiro atoms. The summed E-state index contributed by atoms with van der Waals surface area (Å²) in [5.74, 6) is -0.732. The fraction of sp³-hybridized carbons (Fsp3) is 0.0833. The molecule has 0 atom stereocenters. The molecule has 1 saturated heterocycles. The number of nitrogens with zero attached hydrogens (tertiary/aromatic N) is 1. The van der Waals surface area contributed by atoms with E-state index in [0.29, 0.717) is 25.8 Å².